The van der Waals surface area contributed by atoms with Gasteiger partial charge in [0, 0.05) is 6.04 Å². The Morgan fingerprint density at radius 2 is 1.61 bits per heavy atom. The van der Waals surface area contributed by atoms with E-state index >= 15 is 0 Å². The van der Waals surface area contributed by atoms with Crippen LogP contribution in [0.25, 0.3) is 0 Å². The lowest BCUT2D eigenvalue weighted by molar-refractivity contribution is 0.165. The molecule has 1 unspecified atom stereocenters. The molecule has 0 saturated heterocycles. The van der Waals surface area contributed by atoms with Crippen molar-refractivity contribution in [1.82, 2.24) is 0 Å². The van der Waals surface area contributed by atoms with Crippen LogP contribution in [0.2, 0.25) is 0 Å². The van der Waals surface area contributed by atoms with Gasteiger partial charge in [0.05, 0.1) is 0 Å². The van der Waals surface area contributed by atoms with Crippen molar-refractivity contribution in [2.45, 2.75) is 90.5 Å². The maximum Gasteiger partial charge on any atom is 0.00672 e. The fourth-order valence-corrected chi connectivity index (χ4v) is 3.99. The second kappa shape index (κ2) is 6.41. The average molecular weight is 251 g/mol. The zero-order valence-electron chi connectivity index (χ0n) is 12.6. The highest BCUT2D eigenvalue weighted by molar-refractivity contribution is 4.84. The molecule has 2 saturated carbocycles. The minimum Gasteiger partial charge on any atom is -0.327 e. The Labute approximate surface area is 114 Å². The van der Waals surface area contributed by atoms with Gasteiger partial charge in [-0.2, -0.15) is 0 Å². The fourth-order valence-electron chi connectivity index (χ4n) is 3.99. The molecule has 2 aliphatic carbocycles. The van der Waals surface area contributed by atoms with E-state index in [1.54, 1.807) is 0 Å². The Morgan fingerprint density at radius 3 is 2.22 bits per heavy atom. The molecule has 1 nitrogen and oxygen atoms in total. The number of hydrogen-bond acceptors (Lipinski definition) is 1. The van der Waals surface area contributed by atoms with Gasteiger partial charge in [0.25, 0.3) is 0 Å². The summed E-state index contributed by atoms with van der Waals surface area (Å²) in [4.78, 5) is 0. The van der Waals surface area contributed by atoms with Crippen LogP contribution in [0.15, 0.2) is 0 Å². The van der Waals surface area contributed by atoms with E-state index in [1.807, 2.05) is 0 Å². The normalized spacial score (nSPS) is 28.2. The lowest BCUT2D eigenvalue weighted by atomic mass is 9.70. The van der Waals surface area contributed by atoms with E-state index in [2.05, 4.69) is 13.8 Å². The lowest BCUT2D eigenvalue weighted by Crippen LogP contribution is -2.35. The van der Waals surface area contributed by atoms with E-state index in [1.165, 1.54) is 70.6 Å². The highest BCUT2D eigenvalue weighted by Crippen LogP contribution is 2.40. The monoisotopic (exact) mass is 251 g/mol. The Balaban J connectivity index is 1.66. The molecule has 106 valence electrons. The van der Waals surface area contributed by atoms with Crippen LogP contribution in [0, 0.1) is 17.3 Å². The summed E-state index contributed by atoms with van der Waals surface area (Å²) >= 11 is 0. The molecule has 0 bridgehead atoms. The first-order chi connectivity index (χ1) is 8.57. The molecule has 0 aliphatic heterocycles. The highest BCUT2D eigenvalue weighted by Gasteiger charge is 2.30. The zero-order valence-corrected chi connectivity index (χ0v) is 12.6. The smallest absolute Gasteiger partial charge is 0.00672 e. The third-order valence-electron chi connectivity index (χ3n) is 5.62. The predicted molar refractivity (Wildman–Crippen MR) is 79.5 cm³/mol. The predicted octanol–water partition coefficient (Wildman–Crippen LogP) is 4.89. The second-order valence-electron chi connectivity index (χ2n) is 7.75. The first-order valence-corrected chi connectivity index (χ1v) is 8.32. The first-order valence-electron chi connectivity index (χ1n) is 8.32. The van der Waals surface area contributed by atoms with Crippen molar-refractivity contribution >= 4 is 0 Å². The topological polar surface area (TPSA) is 26.0 Å². The molecule has 0 aromatic rings. The summed E-state index contributed by atoms with van der Waals surface area (Å²) in [7, 11) is 0. The van der Waals surface area contributed by atoms with E-state index in [9.17, 15) is 0 Å². The van der Waals surface area contributed by atoms with Crippen molar-refractivity contribution in [3.63, 3.8) is 0 Å². The van der Waals surface area contributed by atoms with Crippen molar-refractivity contribution in [1.29, 1.82) is 0 Å². The molecule has 1 heteroatoms. The van der Waals surface area contributed by atoms with Gasteiger partial charge in [0.15, 0.2) is 0 Å². The van der Waals surface area contributed by atoms with Crippen molar-refractivity contribution in [2.24, 2.45) is 23.0 Å². The van der Waals surface area contributed by atoms with E-state index < -0.39 is 0 Å². The quantitative estimate of drug-likeness (QED) is 0.756. The van der Waals surface area contributed by atoms with Crippen molar-refractivity contribution in [2.75, 3.05) is 0 Å². The van der Waals surface area contributed by atoms with Gasteiger partial charge in [-0.15, -0.1) is 0 Å². The lowest BCUT2D eigenvalue weighted by Gasteiger charge is -2.37. The molecule has 0 spiro atoms. The molecule has 2 aliphatic rings. The molecule has 1 atom stereocenters. The van der Waals surface area contributed by atoms with Crippen LogP contribution in [0.1, 0.15) is 84.5 Å². The third-order valence-corrected chi connectivity index (χ3v) is 5.62. The van der Waals surface area contributed by atoms with Crippen molar-refractivity contribution in [3.8, 4) is 0 Å². The van der Waals surface area contributed by atoms with Crippen LogP contribution in [0.4, 0.5) is 0 Å². The summed E-state index contributed by atoms with van der Waals surface area (Å²) in [5.41, 5.74) is 7.04. The molecule has 2 rings (SSSR count). The van der Waals surface area contributed by atoms with E-state index in [4.69, 9.17) is 5.73 Å². The number of nitrogens with two attached hydrogens (primary N) is 1. The molecular formula is C17H33N. The van der Waals surface area contributed by atoms with Gasteiger partial charge in [-0.05, 0) is 55.8 Å². The Bertz CT molecular complexity index is 230. The largest absolute Gasteiger partial charge is 0.327 e. The van der Waals surface area contributed by atoms with Crippen LogP contribution in [0.5, 0.6) is 0 Å². The van der Waals surface area contributed by atoms with Gasteiger partial charge < -0.3 is 5.73 Å². The van der Waals surface area contributed by atoms with Crippen LogP contribution in [-0.4, -0.2) is 6.04 Å². The summed E-state index contributed by atoms with van der Waals surface area (Å²) < 4.78 is 0. The molecule has 0 heterocycles. The highest BCUT2D eigenvalue weighted by atomic mass is 14.7. The summed E-state index contributed by atoms with van der Waals surface area (Å²) in [5.74, 6) is 1.83. The van der Waals surface area contributed by atoms with Gasteiger partial charge in [-0.3, -0.25) is 0 Å². The third kappa shape index (κ3) is 4.26. The van der Waals surface area contributed by atoms with Gasteiger partial charge in [-0.1, -0.05) is 46.0 Å². The van der Waals surface area contributed by atoms with E-state index in [0.717, 1.165) is 11.8 Å². The molecule has 0 aromatic carbocycles. The standard InChI is InChI=1S/C17H33N/c1-17(2)12-10-15(11-13-17)16(18)9-8-14-6-4-3-5-7-14/h14-16H,3-13,18H2,1-2H3. The van der Waals surface area contributed by atoms with Crippen LogP contribution in [-0.2, 0) is 0 Å². The fraction of sp³-hybridized carbons (Fsp3) is 1.00. The van der Waals surface area contributed by atoms with Crippen molar-refractivity contribution in [3.05, 3.63) is 0 Å². The van der Waals surface area contributed by atoms with Crippen LogP contribution in [0.3, 0.4) is 0 Å². The van der Waals surface area contributed by atoms with Crippen LogP contribution >= 0.6 is 0 Å². The summed E-state index contributed by atoms with van der Waals surface area (Å²) in [5, 5.41) is 0. The van der Waals surface area contributed by atoms with Crippen LogP contribution < -0.4 is 5.73 Å². The number of rotatable bonds is 4. The summed E-state index contributed by atoms with van der Waals surface area (Å²) in [6, 6.07) is 0.489. The molecule has 0 aromatic heterocycles. The van der Waals surface area contributed by atoms with E-state index in [0.29, 0.717) is 11.5 Å². The summed E-state index contributed by atoms with van der Waals surface area (Å²) in [6.45, 7) is 4.83. The maximum atomic E-state index is 6.45. The van der Waals surface area contributed by atoms with E-state index in [-0.39, 0.29) is 0 Å². The van der Waals surface area contributed by atoms with Crippen molar-refractivity contribution < 1.29 is 0 Å². The molecule has 18 heavy (non-hydrogen) atoms. The Morgan fingerprint density at radius 1 is 1.00 bits per heavy atom. The maximum absolute atomic E-state index is 6.45. The van der Waals surface area contributed by atoms with Gasteiger partial charge in [0.1, 0.15) is 0 Å². The molecule has 2 N–H and O–H groups in total. The molecule has 0 radical (unpaired) electrons. The molecular weight excluding hydrogens is 218 g/mol. The number of hydrogen-bond donors (Lipinski definition) is 1. The van der Waals surface area contributed by atoms with Gasteiger partial charge in [0.2, 0.25) is 0 Å². The minimum atomic E-state index is 0.489. The van der Waals surface area contributed by atoms with Gasteiger partial charge in [-0.25, -0.2) is 0 Å². The van der Waals surface area contributed by atoms with Gasteiger partial charge >= 0.3 is 0 Å². The Hall–Kier alpha value is -0.0400. The summed E-state index contributed by atoms with van der Waals surface area (Å²) in [6.07, 6.45) is 15.6. The average Bonchev–Trinajstić information content (AvgIpc) is 2.37. The SMILES string of the molecule is CC1(C)CCC(C(N)CCC2CCCCC2)CC1. The zero-order chi connectivity index (χ0) is 13.0. The molecule has 0 amide bonds. The minimum absolute atomic E-state index is 0.489. The molecule has 2 fully saturated rings. The first kappa shape index (κ1) is 14.4. The second-order valence-corrected chi connectivity index (χ2v) is 7.75. The Kier molecular flexibility index (Phi) is 5.12.